The van der Waals surface area contributed by atoms with E-state index < -0.39 is 0 Å². The third kappa shape index (κ3) is 6.07. The smallest absolute Gasteiger partial charge is 0.255 e. The van der Waals surface area contributed by atoms with Gasteiger partial charge in [0, 0.05) is 48.9 Å². The third-order valence-electron chi connectivity index (χ3n) is 6.03. The van der Waals surface area contributed by atoms with E-state index >= 15 is 0 Å². The molecule has 178 valence electrons. The number of nitrogens with zero attached hydrogens (tertiary/aromatic N) is 3. The van der Waals surface area contributed by atoms with E-state index in [0.29, 0.717) is 50.6 Å². The van der Waals surface area contributed by atoms with Crippen molar-refractivity contribution in [1.82, 2.24) is 20.3 Å². The number of nitrogens with one attached hydrogen (secondary N) is 1. The first-order valence-electron chi connectivity index (χ1n) is 11.5. The van der Waals surface area contributed by atoms with Crippen molar-refractivity contribution < 1.29 is 14.1 Å². The molecular formula is C26H30N4O3S. The van der Waals surface area contributed by atoms with Crippen molar-refractivity contribution in [3.05, 3.63) is 82.7 Å². The van der Waals surface area contributed by atoms with E-state index in [9.17, 15) is 9.59 Å². The molecule has 1 fully saturated rings. The molecule has 1 N–H and O–H groups in total. The van der Waals surface area contributed by atoms with Crippen LogP contribution in [0.25, 0.3) is 0 Å². The predicted molar refractivity (Wildman–Crippen MR) is 133 cm³/mol. The van der Waals surface area contributed by atoms with Crippen molar-refractivity contribution in [2.24, 2.45) is 0 Å². The molecule has 4 rings (SSSR count). The zero-order valence-electron chi connectivity index (χ0n) is 19.6. The zero-order valence-corrected chi connectivity index (χ0v) is 20.4. The number of carbonyl (C=O) groups excluding carboxylic acids is 2. The minimum absolute atomic E-state index is 0.00435. The van der Waals surface area contributed by atoms with Gasteiger partial charge < -0.3 is 14.7 Å². The second kappa shape index (κ2) is 11.4. The summed E-state index contributed by atoms with van der Waals surface area (Å²) in [6.07, 6.45) is 0. The molecule has 0 bridgehead atoms. The fourth-order valence-corrected chi connectivity index (χ4v) is 5.16. The molecule has 7 nitrogen and oxygen atoms in total. The number of aryl methyl sites for hydroxylation is 2. The van der Waals surface area contributed by atoms with Gasteiger partial charge in [-0.15, -0.1) is 11.8 Å². The van der Waals surface area contributed by atoms with Gasteiger partial charge in [0.05, 0.1) is 17.8 Å². The molecule has 1 aromatic heterocycles. The molecule has 0 radical (unpaired) electrons. The Morgan fingerprint density at radius 2 is 1.71 bits per heavy atom. The van der Waals surface area contributed by atoms with Crippen molar-refractivity contribution in [2.75, 3.05) is 32.7 Å². The minimum Gasteiger partial charge on any atom is -0.361 e. The Balaban J connectivity index is 1.28. The van der Waals surface area contributed by atoms with Gasteiger partial charge >= 0.3 is 0 Å². The summed E-state index contributed by atoms with van der Waals surface area (Å²) >= 11 is 1.63. The SMILES string of the molecule is Cc1noc(C)c1CSc1ccccc1C(=O)N1CCN(CC(=O)NCc2ccccc2)CC1. The van der Waals surface area contributed by atoms with Crippen molar-refractivity contribution in [3.8, 4) is 0 Å². The second-order valence-electron chi connectivity index (χ2n) is 8.42. The van der Waals surface area contributed by atoms with E-state index in [4.69, 9.17) is 4.52 Å². The number of thioether (sulfide) groups is 1. The second-order valence-corrected chi connectivity index (χ2v) is 9.44. The maximum atomic E-state index is 13.3. The number of piperazine rings is 1. The summed E-state index contributed by atoms with van der Waals surface area (Å²) in [7, 11) is 0. The van der Waals surface area contributed by atoms with Gasteiger partial charge in [0.15, 0.2) is 0 Å². The molecule has 2 aromatic carbocycles. The number of rotatable bonds is 8. The number of amides is 2. The van der Waals surface area contributed by atoms with Crippen molar-refractivity contribution >= 4 is 23.6 Å². The summed E-state index contributed by atoms with van der Waals surface area (Å²) < 4.78 is 5.26. The largest absolute Gasteiger partial charge is 0.361 e. The molecule has 0 saturated carbocycles. The van der Waals surface area contributed by atoms with Crippen LogP contribution in [0.3, 0.4) is 0 Å². The third-order valence-corrected chi connectivity index (χ3v) is 7.13. The lowest BCUT2D eigenvalue weighted by Gasteiger charge is -2.34. The monoisotopic (exact) mass is 478 g/mol. The molecule has 8 heteroatoms. The average Bonchev–Trinajstić information content (AvgIpc) is 3.19. The van der Waals surface area contributed by atoms with Gasteiger partial charge in [-0.25, -0.2) is 0 Å². The molecule has 1 aliphatic rings. The predicted octanol–water partition coefficient (Wildman–Crippen LogP) is 3.66. The Bertz CT molecular complexity index is 1100. The highest BCUT2D eigenvalue weighted by molar-refractivity contribution is 7.98. The number of hydrogen-bond acceptors (Lipinski definition) is 6. The molecule has 2 amide bonds. The Labute approximate surface area is 204 Å². The number of aromatic nitrogens is 1. The van der Waals surface area contributed by atoms with Gasteiger partial charge in [-0.05, 0) is 31.5 Å². The van der Waals surface area contributed by atoms with Crippen LogP contribution in [0, 0.1) is 13.8 Å². The van der Waals surface area contributed by atoms with Crippen LogP contribution in [0.1, 0.15) is 32.9 Å². The van der Waals surface area contributed by atoms with Crippen molar-refractivity contribution in [1.29, 1.82) is 0 Å². The van der Waals surface area contributed by atoms with Gasteiger partial charge in [-0.1, -0.05) is 47.6 Å². The van der Waals surface area contributed by atoms with E-state index in [0.717, 1.165) is 27.5 Å². The lowest BCUT2D eigenvalue weighted by Crippen LogP contribution is -2.51. The van der Waals surface area contributed by atoms with Gasteiger partial charge in [0.25, 0.3) is 5.91 Å². The highest BCUT2D eigenvalue weighted by Gasteiger charge is 2.25. The topological polar surface area (TPSA) is 78.7 Å². The fourth-order valence-electron chi connectivity index (χ4n) is 3.96. The normalized spacial score (nSPS) is 14.2. The molecule has 0 aliphatic carbocycles. The molecule has 34 heavy (non-hydrogen) atoms. The van der Waals surface area contributed by atoms with Crippen LogP contribution in [-0.2, 0) is 17.1 Å². The van der Waals surface area contributed by atoms with Crippen molar-refractivity contribution in [3.63, 3.8) is 0 Å². The highest BCUT2D eigenvalue weighted by atomic mass is 32.2. The summed E-state index contributed by atoms with van der Waals surface area (Å²) in [5, 5.41) is 6.99. The highest BCUT2D eigenvalue weighted by Crippen LogP contribution is 2.29. The summed E-state index contributed by atoms with van der Waals surface area (Å²) in [6, 6.07) is 17.6. The van der Waals surface area contributed by atoms with Crippen LogP contribution in [0.15, 0.2) is 64.0 Å². The van der Waals surface area contributed by atoms with Crippen LogP contribution in [0.4, 0.5) is 0 Å². The number of benzene rings is 2. The van der Waals surface area contributed by atoms with Gasteiger partial charge in [-0.3, -0.25) is 14.5 Å². The summed E-state index contributed by atoms with van der Waals surface area (Å²) in [4.78, 5) is 30.6. The molecule has 1 aliphatic heterocycles. The van der Waals surface area contributed by atoms with Crippen LogP contribution in [0.5, 0.6) is 0 Å². The van der Waals surface area contributed by atoms with Gasteiger partial charge in [0.1, 0.15) is 5.76 Å². The van der Waals surface area contributed by atoms with Crippen LogP contribution in [0.2, 0.25) is 0 Å². The maximum absolute atomic E-state index is 13.3. The van der Waals surface area contributed by atoms with E-state index in [1.54, 1.807) is 11.8 Å². The first-order valence-corrected chi connectivity index (χ1v) is 12.5. The molecule has 0 unspecified atom stereocenters. The van der Waals surface area contributed by atoms with Gasteiger partial charge in [0.2, 0.25) is 5.91 Å². The van der Waals surface area contributed by atoms with E-state index in [1.807, 2.05) is 73.3 Å². The fraction of sp³-hybridized carbons (Fsp3) is 0.346. The van der Waals surface area contributed by atoms with Crippen LogP contribution < -0.4 is 5.32 Å². The molecule has 2 heterocycles. The number of carbonyl (C=O) groups is 2. The van der Waals surface area contributed by atoms with Crippen LogP contribution in [-0.4, -0.2) is 59.5 Å². The number of hydrogen-bond donors (Lipinski definition) is 1. The Kier molecular flexibility index (Phi) is 8.03. The van der Waals surface area contributed by atoms with Crippen LogP contribution >= 0.6 is 11.8 Å². The molecular weight excluding hydrogens is 448 g/mol. The van der Waals surface area contributed by atoms with Crippen molar-refractivity contribution in [2.45, 2.75) is 31.0 Å². The Hall–Kier alpha value is -3.10. The lowest BCUT2D eigenvalue weighted by atomic mass is 10.1. The Morgan fingerprint density at radius 1 is 1.00 bits per heavy atom. The molecule has 0 atom stereocenters. The summed E-state index contributed by atoms with van der Waals surface area (Å²) in [5.74, 6) is 1.56. The zero-order chi connectivity index (χ0) is 23.9. The van der Waals surface area contributed by atoms with E-state index in [2.05, 4.69) is 15.4 Å². The quantitative estimate of drug-likeness (QED) is 0.498. The maximum Gasteiger partial charge on any atom is 0.255 e. The Morgan fingerprint density at radius 3 is 2.41 bits per heavy atom. The lowest BCUT2D eigenvalue weighted by molar-refractivity contribution is -0.122. The van der Waals surface area contributed by atoms with E-state index in [-0.39, 0.29) is 11.8 Å². The summed E-state index contributed by atoms with van der Waals surface area (Å²) in [5.41, 5.74) is 3.76. The standard InChI is InChI=1S/C26H30N4O3S/c1-19-23(20(2)33-28-19)18-34-24-11-7-6-10-22(24)26(32)30-14-12-29(13-15-30)17-25(31)27-16-21-8-4-3-5-9-21/h3-11H,12-18H2,1-2H3,(H,27,31). The van der Waals surface area contributed by atoms with Gasteiger partial charge in [-0.2, -0.15) is 0 Å². The first kappa shape index (κ1) is 24.0. The minimum atomic E-state index is 0.00435. The molecule has 0 spiro atoms. The average molecular weight is 479 g/mol. The summed E-state index contributed by atoms with van der Waals surface area (Å²) in [6.45, 7) is 7.29. The van der Waals surface area contributed by atoms with E-state index in [1.165, 1.54) is 0 Å². The molecule has 3 aromatic rings. The first-order chi connectivity index (χ1) is 16.5. The molecule has 1 saturated heterocycles.